The average Bonchev–Trinajstić information content (AvgIpc) is 2.69. The molecule has 0 fully saturated rings. The van der Waals surface area contributed by atoms with Gasteiger partial charge in [-0.25, -0.2) is 12.7 Å². The maximum atomic E-state index is 12.8. The third-order valence-corrected chi connectivity index (χ3v) is 7.56. The predicted octanol–water partition coefficient (Wildman–Crippen LogP) is 3.72. The molecular formula is C20H28N2O5S2. The summed E-state index contributed by atoms with van der Waals surface area (Å²) < 4.78 is 26.6. The Hall–Kier alpha value is -1.84. The lowest BCUT2D eigenvalue weighted by molar-refractivity contribution is -0.116. The molecule has 29 heavy (non-hydrogen) atoms. The molecule has 0 heterocycles. The van der Waals surface area contributed by atoms with Crippen LogP contribution in [0.1, 0.15) is 44.6 Å². The highest BCUT2D eigenvalue weighted by atomic mass is 32.2. The minimum absolute atomic E-state index is 0.0301. The zero-order chi connectivity index (χ0) is 21.8. The Labute approximate surface area is 176 Å². The number of hydrogen-bond donors (Lipinski definition) is 1. The molecule has 160 valence electrons. The van der Waals surface area contributed by atoms with Gasteiger partial charge in [0, 0.05) is 31.8 Å². The van der Waals surface area contributed by atoms with E-state index in [0.717, 1.165) is 0 Å². The topological polar surface area (TPSA) is 96.3 Å². The number of hydrogen-bond acceptors (Lipinski definition) is 7. The summed E-state index contributed by atoms with van der Waals surface area (Å²) in [6.07, 6.45) is 2.69. The van der Waals surface area contributed by atoms with Crippen molar-refractivity contribution in [3.63, 3.8) is 0 Å². The molecule has 0 bridgehead atoms. The van der Waals surface area contributed by atoms with E-state index in [4.69, 9.17) is 4.84 Å². The molecule has 1 aliphatic carbocycles. The minimum atomic E-state index is -3.63. The molecule has 0 spiro atoms. The van der Waals surface area contributed by atoms with E-state index in [0.29, 0.717) is 29.2 Å². The second kappa shape index (κ2) is 9.77. The Morgan fingerprint density at radius 1 is 1.31 bits per heavy atom. The lowest BCUT2D eigenvalue weighted by Crippen LogP contribution is -2.25. The molecule has 0 aliphatic heterocycles. The van der Waals surface area contributed by atoms with E-state index in [1.807, 2.05) is 19.2 Å². The zero-order valence-electron chi connectivity index (χ0n) is 17.4. The van der Waals surface area contributed by atoms with Crippen LogP contribution in [0.25, 0.3) is 0 Å². The molecule has 0 radical (unpaired) electrons. The van der Waals surface area contributed by atoms with Crippen molar-refractivity contribution in [1.82, 2.24) is 4.31 Å². The van der Waals surface area contributed by atoms with Gasteiger partial charge in [-0.1, -0.05) is 18.1 Å². The van der Waals surface area contributed by atoms with Crippen molar-refractivity contribution in [3.05, 3.63) is 35.1 Å². The third-order valence-electron chi connectivity index (χ3n) is 4.78. The molecule has 1 aliphatic rings. The molecule has 0 saturated carbocycles. The monoisotopic (exact) mass is 440 g/mol. The third kappa shape index (κ3) is 5.02. The fourth-order valence-corrected chi connectivity index (χ4v) is 5.26. The highest BCUT2D eigenvalue weighted by molar-refractivity contribution is 7.99. The number of carbonyl (C=O) groups is 1. The maximum absolute atomic E-state index is 12.8. The van der Waals surface area contributed by atoms with Crippen LogP contribution >= 0.6 is 11.8 Å². The summed E-state index contributed by atoms with van der Waals surface area (Å²) in [5.74, 6) is -0.550. The van der Waals surface area contributed by atoms with Crippen molar-refractivity contribution >= 4 is 33.3 Å². The van der Waals surface area contributed by atoms with Gasteiger partial charge in [0.1, 0.15) is 12.4 Å². The Bertz CT molecular complexity index is 936. The number of ketones is 1. The first kappa shape index (κ1) is 23.4. The van der Waals surface area contributed by atoms with Crippen LogP contribution in [0.4, 0.5) is 0 Å². The molecule has 1 aromatic rings. The van der Waals surface area contributed by atoms with Gasteiger partial charge in [0.2, 0.25) is 10.0 Å². The fraction of sp³-hybridized carbons (Fsp3) is 0.500. The van der Waals surface area contributed by atoms with Gasteiger partial charge in [0.05, 0.1) is 16.2 Å². The molecule has 0 aromatic heterocycles. The first-order chi connectivity index (χ1) is 13.7. The number of benzene rings is 1. The van der Waals surface area contributed by atoms with Crippen LogP contribution in [-0.4, -0.2) is 56.3 Å². The van der Waals surface area contributed by atoms with Crippen LogP contribution in [-0.2, 0) is 19.7 Å². The van der Waals surface area contributed by atoms with Gasteiger partial charge in [-0.3, -0.25) is 4.79 Å². The van der Waals surface area contributed by atoms with Gasteiger partial charge in [-0.15, -0.1) is 11.8 Å². The molecule has 9 heteroatoms. The van der Waals surface area contributed by atoms with Crippen molar-refractivity contribution in [3.8, 4) is 0 Å². The number of oxime groups is 1. The largest absolute Gasteiger partial charge is 0.511 e. The number of thioether (sulfide) groups is 1. The first-order valence-electron chi connectivity index (χ1n) is 9.42. The normalized spacial score (nSPS) is 18.5. The lowest BCUT2D eigenvalue weighted by Gasteiger charge is -2.25. The number of rotatable bonds is 8. The molecule has 1 atom stereocenters. The lowest BCUT2D eigenvalue weighted by atomic mass is 9.81. The predicted molar refractivity (Wildman–Crippen MR) is 115 cm³/mol. The quantitative estimate of drug-likeness (QED) is 0.376. The Morgan fingerprint density at radius 2 is 2.00 bits per heavy atom. The van der Waals surface area contributed by atoms with E-state index in [-0.39, 0.29) is 40.8 Å². The summed E-state index contributed by atoms with van der Waals surface area (Å²) >= 11 is 1.35. The second-order valence-electron chi connectivity index (χ2n) is 6.86. The molecule has 7 nitrogen and oxygen atoms in total. The summed E-state index contributed by atoms with van der Waals surface area (Å²) in [6.45, 7) is 4.01. The van der Waals surface area contributed by atoms with Crippen molar-refractivity contribution in [2.45, 2.75) is 48.8 Å². The number of sulfonamides is 1. The summed E-state index contributed by atoms with van der Waals surface area (Å²) in [5.41, 5.74) is 1.36. The van der Waals surface area contributed by atoms with Gasteiger partial charge >= 0.3 is 0 Å². The molecule has 1 aromatic carbocycles. The fourth-order valence-electron chi connectivity index (χ4n) is 3.23. The maximum Gasteiger partial charge on any atom is 0.243 e. The van der Waals surface area contributed by atoms with Crippen molar-refractivity contribution in [2.24, 2.45) is 5.16 Å². The van der Waals surface area contributed by atoms with Crippen LogP contribution in [0.15, 0.2) is 44.5 Å². The van der Waals surface area contributed by atoms with Crippen LogP contribution in [0.2, 0.25) is 0 Å². The number of aliphatic hydroxyl groups excluding tert-OH is 1. The van der Waals surface area contributed by atoms with Crippen molar-refractivity contribution in [1.29, 1.82) is 0 Å². The number of allylic oxidation sites excluding steroid dienone is 2. The van der Waals surface area contributed by atoms with E-state index in [9.17, 15) is 18.3 Å². The highest BCUT2D eigenvalue weighted by Crippen LogP contribution is 2.37. The average molecular weight is 441 g/mol. The first-order valence-corrected chi connectivity index (χ1v) is 12.1. The SMILES string of the molecule is CCO/N=C(\CC)C1=C(O)CC(c2ccc(SC)c(S(=O)(=O)N(C)C)c2)CC1=O. The summed E-state index contributed by atoms with van der Waals surface area (Å²) in [5, 5.41) is 14.5. The molecule has 0 amide bonds. The number of nitrogens with zero attached hydrogens (tertiary/aromatic N) is 2. The van der Waals surface area contributed by atoms with Crippen LogP contribution in [0.5, 0.6) is 0 Å². The van der Waals surface area contributed by atoms with Crippen LogP contribution in [0.3, 0.4) is 0 Å². The Morgan fingerprint density at radius 3 is 2.52 bits per heavy atom. The number of Topliss-reactive ketones (excluding diaryl/α,β-unsaturated/α-hetero) is 1. The van der Waals surface area contributed by atoms with Crippen LogP contribution < -0.4 is 0 Å². The minimum Gasteiger partial charge on any atom is -0.511 e. The van der Waals surface area contributed by atoms with E-state index in [1.54, 1.807) is 19.1 Å². The summed E-state index contributed by atoms with van der Waals surface area (Å²) in [4.78, 5) is 18.7. The van der Waals surface area contributed by atoms with Crippen LogP contribution in [0, 0.1) is 0 Å². The van der Waals surface area contributed by atoms with Crippen molar-refractivity contribution in [2.75, 3.05) is 27.0 Å². The molecule has 1 N–H and O–H groups in total. The van der Waals surface area contributed by atoms with E-state index >= 15 is 0 Å². The van der Waals surface area contributed by atoms with E-state index in [2.05, 4.69) is 5.16 Å². The van der Waals surface area contributed by atoms with Gasteiger partial charge in [0.15, 0.2) is 5.78 Å². The van der Waals surface area contributed by atoms with E-state index in [1.165, 1.54) is 30.2 Å². The number of carbonyl (C=O) groups excluding carboxylic acids is 1. The van der Waals surface area contributed by atoms with Gasteiger partial charge < -0.3 is 9.94 Å². The summed E-state index contributed by atoms with van der Waals surface area (Å²) in [6, 6.07) is 5.20. The van der Waals surface area contributed by atoms with Crippen molar-refractivity contribution < 1.29 is 23.2 Å². The second-order valence-corrected chi connectivity index (χ2v) is 9.83. The smallest absolute Gasteiger partial charge is 0.243 e. The zero-order valence-corrected chi connectivity index (χ0v) is 19.1. The van der Waals surface area contributed by atoms with E-state index < -0.39 is 10.0 Å². The van der Waals surface area contributed by atoms with Gasteiger partial charge in [-0.2, -0.15) is 0 Å². The molecular weight excluding hydrogens is 412 g/mol. The van der Waals surface area contributed by atoms with Gasteiger partial charge in [-0.05, 0) is 43.2 Å². The molecule has 0 saturated heterocycles. The Kier molecular flexibility index (Phi) is 7.90. The Balaban J connectivity index is 2.45. The standard InChI is InChI=1S/C20H28N2O5S2/c1-6-15(21-27-7-2)20-16(23)10-14(11-17(20)24)13-8-9-18(28-5)19(12-13)29(25,26)22(3)4/h8-9,12,14,23H,6-7,10-11H2,1-5H3/b21-15+. The number of aliphatic hydroxyl groups is 1. The highest BCUT2D eigenvalue weighted by Gasteiger charge is 2.32. The summed E-state index contributed by atoms with van der Waals surface area (Å²) in [7, 11) is -0.655. The van der Waals surface area contributed by atoms with Gasteiger partial charge in [0.25, 0.3) is 0 Å². The molecule has 1 unspecified atom stereocenters. The molecule has 2 rings (SSSR count).